The summed E-state index contributed by atoms with van der Waals surface area (Å²) in [6.07, 6.45) is 0. The highest BCUT2D eigenvalue weighted by Crippen LogP contribution is 2.29. The number of amides is 1. The number of anilines is 2. The number of nitrogens with one attached hydrogen (secondary N) is 2. The summed E-state index contributed by atoms with van der Waals surface area (Å²) >= 11 is 0. The van der Waals surface area contributed by atoms with Gasteiger partial charge in [-0.3, -0.25) is 14.9 Å². The summed E-state index contributed by atoms with van der Waals surface area (Å²) < 4.78 is 5.17. The zero-order valence-electron chi connectivity index (χ0n) is 15.6. The Labute approximate surface area is 162 Å². The van der Waals surface area contributed by atoms with Gasteiger partial charge in [-0.1, -0.05) is 12.1 Å². The third-order valence-electron chi connectivity index (χ3n) is 4.77. The first-order valence-corrected chi connectivity index (χ1v) is 8.96. The molecule has 9 nitrogen and oxygen atoms in total. The van der Waals surface area contributed by atoms with E-state index < -0.39 is 4.92 Å². The lowest BCUT2D eigenvalue weighted by Crippen LogP contribution is -3.15. The van der Waals surface area contributed by atoms with Gasteiger partial charge in [0, 0.05) is 12.1 Å². The van der Waals surface area contributed by atoms with E-state index in [0.29, 0.717) is 5.75 Å². The largest absolute Gasteiger partial charge is 0.506 e. The molecule has 2 aromatic carbocycles. The number of benzene rings is 2. The average molecular weight is 387 g/mol. The van der Waals surface area contributed by atoms with Crippen molar-refractivity contribution < 1.29 is 24.5 Å². The van der Waals surface area contributed by atoms with Crippen molar-refractivity contribution in [3.8, 4) is 11.5 Å². The maximum absolute atomic E-state index is 12.4. The number of phenolic OH excluding ortho intramolecular Hbond substituents is 1. The van der Waals surface area contributed by atoms with Crippen LogP contribution in [0, 0.1) is 10.1 Å². The van der Waals surface area contributed by atoms with Crippen molar-refractivity contribution >= 4 is 23.0 Å². The summed E-state index contributed by atoms with van der Waals surface area (Å²) in [6.45, 7) is 3.18. The van der Waals surface area contributed by atoms with Crippen LogP contribution in [0.25, 0.3) is 0 Å². The number of phenols is 1. The summed E-state index contributed by atoms with van der Waals surface area (Å²) in [4.78, 5) is 26.1. The fraction of sp³-hybridized carbons (Fsp3) is 0.316. The zero-order valence-corrected chi connectivity index (χ0v) is 15.6. The Morgan fingerprint density at radius 3 is 2.64 bits per heavy atom. The molecule has 1 amide bonds. The quantitative estimate of drug-likeness (QED) is 0.496. The van der Waals surface area contributed by atoms with E-state index in [2.05, 4.69) is 10.2 Å². The normalized spacial score (nSPS) is 14.5. The third-order valence-corrected chi connectivity index (χ3v) is 4.77. The highest BCUT2D eigenvalue weighted by atomic mass is 16.6. The molecule has 0 spiro atoms. The Balaban J connectivity index is 1.57. The number of nitrogens with zero attached hydrogens (tertiary/aromatic N) is 2. The summed E-state index contributed by atoms with van der Waals surface area (Å²) in [5.41, 5.74) is 0.973. The fourth-order valence-electron chi connectivity index (χ4n) is 3.30. The van der Waals surface area contributed by atoms with Gasteiger partial charge in [0.15, 0.2) is 6.54 Å². The Hall–Kier alpha value is -3.33. The molecule has 2 aromatic rings. The van der Waals surface area contributed by atoms with E-state index in [0.717, 1.165) is 36.8 Å². The number of ether oxygens (including phenoxy) is 1. The highest BCUT2D eigenvalue weighted by Gasteiger charge is 2.24. The number of para-hydroxylation sites is 2. The monoisotopic (exact) mass is 387 g/mol. The second-order valence-corrected chi connectivity index (χ2v) is 6.59. The number of carbonyl (C=O) groups is 1. The van der Waals surface area contributed by atoms with Crippen LogP contribution in [0.15, 0.2) is 42.5 Å². The number of hydrogen-bond acceptors (Lipinski definition) is 6. The van der Waals surface area contributed by atoms with Crippen molar-refractivity contribution in [1.29, 1.82) is 0 Å². The number of methoxy groups -OCH3 is 1. The van der Waals surface area contributed by atoms with Gasteiger partial charge < -0.3 is 25.0 Å². The maximum atomic E-state index is 12.4. The Morgan fingerprint density at radius 1 is 1.29 bits per heavy atom. The summed E-state index contributed by atoms with van der Waals surface area (Å²) in [5, 5.41) is 23.6. The smallest absolute Gasteiger partial charge is 0.279 e. The van der Waals surface area contributed by atoms with E-state index in [9.17, 15) is 20.0 Å². The van der Waals surface area contributed by atoms with Gasteiger partial charge in [0.05, 0.1) is 49.6 Å². The van der Waals surface area contributed by atoms with Gasteiger partial charge in [-0.05, 0) is 18.2 Å². The van der Waals surface area contributed by atoms with Crippen LogP contribution in [0.3, 0.4) is 0 Å². The summed E-state index contributed by atoms with van der Waals surface area (Å²) in [5.74, 6) is 0.393. The number of nitro groups is 1. The average Bonchev–Trinajstić information content (AvgIpc) is 2.69. The lowest BCUT2D eigenvalue weighted by molar-refractivity contribution is -0.892. The van der Waals surface area contributed by atoms with E-state index in [1.54, 1.807) is 12.1 Å². The molecule has 1 aliphatic heterocycles. The molecule has 0 aliphatic carbocycles. The number of nitro benzene ring substituents is 1. The van der Waals surface area contributed by atoms with Gasteiger partial charge in [-0.15, -0.1) is 0 Å². The van der Waals surface area contributed by atoms with Crippen LogP contribution < -0.4 is 19.9 Å². The van der Waals surface area contributed by atoms with Crippen LogP contribution in [0.5, 0.6) is 11.5 Å². The van der Waals surface area contributed by atoms with E-state index in [1.807, 2.05) is 12.1 Å². The van der Waals surface area contributed by atoms with Gasteiger partial charge >= 0.3 is 0 Å². The van der Waals surface area contributed by atoms with Gasteiger partial charge in [0.1, 0.15) is 11.5 Å². The fourth-order valence-corrected chi connectivity index (χ4v) is 3.30. The molecule has 0 atom stereocenters. The lowest BCUT2D eigenvalue weighted by Gasteiger charge is -2.33. The predicted molar refractivity (Wildman–Crippen MR) is 104 cm³/mol. The molecule has 0 unspecified atom stereocenters. The van der Waals surface area contributed by atoms with Gasteiger partial charge in [0.2, 0.25) is 0 Å². The van der Waals surface area contributed by atoms with E-state index in [4.69, 9.17) is 4.74 Å². The number of carbonyl (C=O) groups excluding carboxylic acids is 1. The number of hydrogen-bond donors (Lipinski definition) is 3. The molecule has 1 aliphatic rings. The molecule has 28 heavy (non-hydrogen) atoms. The summed E-state index contributed by atoms with van der Waals surface area (Å²) in [7, 11) is 1.44. The summed E-state index contributed by atoms with van der Waals surface area (Å²) in [6, 6.07) is 11.3. The van der Waals surface area contributed by atoms with E-state index >= 15 is 0 Å². The molecule has 0 saturated carbocycles. The van der Waals surface area contributed by atoms with Gasteiger partial charge in [0.25, 0.3) is 11.6 Å². The van der Waals surface area contributed by atoms with Crippen LogP contribution in [-0.2, 0) is 4.79 Å². The Kier molecular flexibility index (Phi) is 5.95. The van der Waals surface area contributed by atoms with Gasteiger partial charge in [-0.25, -0.2) is 0 Å². The number of piperazine rings is 1. The SMILES string of the molecule is COc1ccc([N+](=O)[O-])cc1NC(=O)C[NH+]1CCN(c2ccccc2O)CC1. The maximum Gasteiger partial charge on any atom is 0.279 e. The second kappa shape index (κ2) is 8.57. The zero-order chi connectivity index (χ0) is 20.1. The molecule has 3 rings (SSSR count). The predicted octanol–water partition coefficient (Wildman–Crippen LogP) is 0.653. The second-order valence-electron chi connectivity index (χ2n) is 6.59. The topological polar surface area (TPSA) is 109 Å². The molecular formula is C19H23N4O5+. The first-order chi connectivity index (χ1) is 13.5. The molecule has 0 bridgehead atoms. The molecule has 0 radical (unpaired) electrons. The molecule has 1 saturated heterocycles. The van der Waals surface area contributed by atoms with Crippen molar-refractivity contribution in [1.82, 2.24) is 0 Å². The molecule has 1 fully saturated rings. The van der Waals surface area contributed by atoms with Crippen LogP contribution in [0.1, 0.15) is 0 Å². The third kappa shape index (κ3) is 4.49. The Morgan fingerprint density at radius 2 is 2.00 bits per heavy atom. The highest BCUT2D eigenvalue weighted by molar-refractivity contribution is 5.93. The molecule has 1 heterocycles. The van der Waals surface area contributed by atoms with Crippen LogP contribution in [-0.4, -0.2) is 55.8 Å². The first kappa shape index (κ1) is 19.4. The van der Waals surface area contributed by atoms with Gasteiger partial charge in [-0.2, -0.15) is 0 Å². The van der Waals surface area contributed by atoms with Crippen LogP contribution in [0.2, 0.25) is 0 Å². The molecular weight excluding hydrogens is 364 g/mol. The molecule has 148 valence electrons. The van der Waals surface area contributed by atoms with Crippen molar-refractivity contribution in [2.24, 2.45) is 0 Å². The van der Waals surface area contributed by atoms with E-state index in [-0.39, 0.29) is 29.6 Å². The minimum absolute atomic E-state index is 0.111. The van der Waals surface area contributed by atoms with Crippen molar-refractivity contribution in [3.63, 3.8) is 0 Å². The lowest BCUT2D eigenvalue weighted by atomic mass is 10.2. The van der Waals surface area contributed by atoms with E-state index in [1.165, 1.54) is 25.3 Å². The number of rotatable bonds is 6. The first-order valence-electron chi connectivity index (χ1n) is 8.96. The number of quaternary nitrogens is 1. The molecule has 0 aromatic heterocycles. The van der Waals surface area contributed by atoms with Crippen molar-refractivity contribution in [3.05, 3.63) is 52.6 Å². The standard InChI is InChI=1S/C19H22N4O5/c1-28-18-7-6-14(23(26)27)12-15(18)20-19(25)13-21-8-10-22(11-9-21)16-4-2-3-5-17(16)24/h2-7,12,24H,8-11,13H2,1H3,(H,20,25)/p+1. The number of non-ortho nitro benzene ring substituents is 1. The van der Waals surface area contributed by atoms with Crippen LogP contribution >= 0.6 is 0 Å². The van der Waals surface area contributed by atoms with Crippen LogP contribution in [0.4, 0.5) is 17.1 Å². The van der Waals surface area contributed by atoms with Crippen molar-refractivity contribution in [2.45, 2.75) is 0 Å². The minimum atomic E-state index is -0.515. The number of aromatic hydroxyl groups is 1. The van der Waals surface area contributed by atoms with Crippen molar-refractivity contribution in [2.75, 3.05) is 50.1 Å². The molecule has 3 N–H and O–H groups in total. The minimum Gasteiger partial charge on any atom is -0.506 e. The Bertz CT molecular complexity index is 865. The molecule has 9 heteroatoms.